The van der Waals surface area contributed by atoms with Crippen molar-refractivity contribution in [1.82, 2.24) is 40.6 Å². The molecular formula is C49H60ClN9O7S2. The van der Waals surface area contributed by atoms with E-state index in [2.05, 4.69) is 45.0 Å². The Labute approximate surface area is 409 Å². The molecule has 19 heteroatoms. The highest BCUT2D eigenvalue weighted by Crippen LogP contribution is 2.40. The second kappa shape index (κ2) is 21.9. The third-order valence-corrected chi connectivity index (χ3v) is 14.6. The molecule has 2 aliphatic rings. The van der Waals surface area contributed by atoms with E-state index in [-0.39, 0.29) is 63.6 Å². The number of rotatable bonds is 18. The lowest BCUT2D eigenvalue weighted by molar-refractivity contribution is -0.144. The van der Waals surface area contributed by atoms with Crippen LogP contribution >= 0.6 is 34.3 Å². The maximum absolute atomic E-state index is 14.1. The predicted octanol–water partition coefficient (Wildman–Crippen LogP) is 6.53. The summed E-state index contributed by atoms with van der Waals surface area (Å²) < 4.78 is 13.4. The Hall–Kier alpha value is -5.37. The predicted molar refractivity (Wildman–Crippen MR) is 264 cm³/mol. The first-order valence-electron chi connectivity index (χ1n) is 22.8. The van der Waals surface area contributed by atoms with Crippen LogP contribution in [-0.2, 0) is 28.7 Å². The second-order valence-corrected chi connectivity index (χ2v) is 20.9. The number of thiophene rings is 1. The van der Waals surface area contributed by atoms with Gasteiger partial charge < -0.3 is 35.4 Å². The van der Waals surface area contributed by atoms with E-state index in [4.69, 9.17) is 26.1 Å². The van der Waals surface area contributed by atoms with Crippen molar-refractivity contribution in [3.05, 3.63) is 104 Å². The zero-order chi connectivity index (χ0) is 48.9. The summed E-state index contributed by atoms with van der Waals surface area (Å²) in [5.74, 6) is -0.217. The maximum atomic E-state index is 14.1. The van der Waals surface area contributed by atoms with Crippen molar-refractivity contribution in [2.45, 2.75) is 105 Å². The van der Waals surface area contributed by atoms with Crippen molar-refractivity contribution >= 4 is 63.6 Å². The van der Waals surface area contributed by atoms with E-state index in [1.807, 2.05) is 100 Å². The molecule has 0 aliphatic carbocycles. The third-order valence-electron chi connectivity index (χ3n) is 12.2. The number of nitrogens with zero attached hydrogens (tertiary/aromatic N) is 6. The highest BCUT2D eigenvalue weighted by Gasteiger charge is 2.45. The molecule has 0 radical (unpaired) electrons. The molecule has 0 bridgehead atoms. The Morgan fingerprint density at radius 3 is 2.32 bits per heavy atom. The molecule has 3 aromatic heterocycles. The quantitative estimate of drug-likeness (QED) is 0.0700. The summed E-state index contributed by atoms with van der Waals surface area (Å²) in [4.78, 5) is 67.3. The van der Waals surface area contributed by atoms with E-state index in [9.17, 15) is 24.3 Å². The van der Waals surface area contributed by atoms with Crippen LogP contribution in [0, 0.1) is 33.1 Å². The molecule has 7 rings (SSSR count). The number of aryl methyl sites for hydroxylation is 3. The van der Waals surface area contributed by atoms with Gasteiger partial charge in [-0.05, 0) is 75.3 Å². The Bertz CT molecular complexity index is 2640. The lowest BCUT2D eigenvalue weighted by atomic mass is 9.85. The summed E-state index contributed by atoms with van der Waals surface area (Å²) in [6.07, 6.45) is -0.264. The molecule has 1 fully saturated rings. The average Bonchev–Trinajstić information content (AvgIpc) is 4.07. The van der Waals surface area contributed by atoms with E-state index in [1.54, 1.807) is 22.7 Å². The van der Waals surface area contributed by atoms with Gasteiger partial charge in [0.2, 0.25) is 23.6 Å². The van der Waals surface area contributed by atoms with Gasteiger partial charge in [-0.15, -0.1) is 32.9 Å². The van der Waals surface area contributed by atoms with Gasteiger partial charge >= 0.3 is 0 Å². The van der Waals surface area contributed by atoms with Crippen molar-refractivity contribution in [3.8, 4) is 15.4 Å². The Kier molecular flexibility index (Phi) is 16.3. The standard InChI is InChI=1S/C49H60ClN9O7S2/c1-27-30(4)68-48-41(27)42(33-14-16-35(50)17-15-33)54-37(45-57-56-31(5)59(45)48)23-39(61)51-18-21-65-19-9-20-66-25-40(62)55-44(49(6,7)8)47(64)58-24-36(60)22-38(58)46(63)53-28(2)32-10-12-34(13-11-32)43-29(3)52-26-67-43/h10-17,26,28,36-38,44,60H,9,18-25H2,1-8H3,(H,51,61)(H,53,63)(H,55,62)/t28-,36-,37-,38-,44+/m0/s1. The molecule has 5 atom stereocenters. The van der Waals surface area contributed by atoms with Crippen LogP contribution in [0.4, 0.5) is 0 Å². The van der Waals surface area contributed by atoms with Gasteiger partial charge in [0.15, 0.2) is 5.82 Å². The number of hydrogen-bond donors (Lipinski definition) is 4. The van der Waals surface area contributed by atoms with Crippen LogP contribution in [0.25, 0.3) is 15.4 Å². The molecule has 68 heavy (non-hydrogen) atoms. The number of fused-ring (bicyclic) bond motifs is 3. The molecule has 4 N–H and O–H groups in total. The van der Waals surface area contributed by atoms with Crippen molar-refractivity contribution in [2.75, 3.05) is 39.5 Å². The highest BCUT2D eigenvalue weighted by atomic mass is 35.5. The van der Waals surface area contributed by atoms with E-state index in [1.165, 1.54) is 4.90 Å². The smallest absolute Gasteiger partial charge is 0.246 e. The number of aliphatic hydroxyl groups is 1. The van der Waals surface area contributed by atoms with Gasteiger partial charge in [-0.1, -0.05) is 68.8 Å². The summed E-state index contributed by atoms with van der Waals surface area (Å²) in [5.41, 5.74) is 7.76. The first kappa shape index (κ1) is 50.5. The second-order valence-electron chi connectivity index (χ2n) is 18.4. The normalized spacial score (nSPS) is 17.7. The number of ether oxygens (including phenoxy) is 2. The zero-order valence-corrected chi connectivity index (χ0v) is 42.1. The number of hydrogen-bond acceptors (Lipinski definition) is 13. The molecule has 16 nitrogen and oxygen atoms in total. The molecule has 362 valence electrons. The number of halogens is 1. The Balaban J connectivity index is 0.840. The number of aliphatic imine (C=N–C) groups is 1. The van der Waals surface area contributed by atoms with E-state index >= 15 is 0 Å². The SMILES string of the molecule is Cc1ncsc1-c1ccc([C@H](C)NC(=O)[C@@H]2C[C@H](O)CN2C(=O)[C@@H](NC(=O)COCCCOCCNC(=O)C[C@@H]2N=C(c3ccc(Cl)cc3)c3c(sc(C)c3C)-n3c(C)nnc32)C(C)(C)C)cc1. The Morgan fingerprint density at radius 2 is 1.63 bits per heavy atom. The lowest BCUT2D eigenvalue weighted by Crippen LogP contribution is -2.58. The van der Waals surface area contributed by atoms with Gasteiger partial charge in [0.25, 0.3) is 0 Å². The number of nitrogens with one attached hydrogen (secondary N) is 3. The van der Waals surface area contributed by atoms with Crippen molar-refractivity contribution in [2.24, 2.45) is 10.4 Å². The first-order valence-corrected chi connectivity index (χ1v) is 24.9. The fourth-order valence-corrected chi connectivity index (χ4v) is 10.5. The van der Waals surface area contributed by atoms with Crippen LogP contribution in [0.2, 0.25) is 5.02 Å². The van der Waals surface area contributed by atoms with Crippen LogP contribution < -0.4 is 16.0 Å². The molecule has 2 aliphatic heterocycles. The molecule has 0 saturated carbocycles. The number of carbonyl (C=O) groups excluding carboxylic acids is 4. The number of benzene rings is 2. The molecule has 0 unspecified atom stereocenters. The number of likely N-dealkylation sites (tertiary alicyclic amines) is 1. The number of amides is 4. The number of aliphatic hydroxyl groups excluding tert-OH is 1. The molecule has 2 aromatic carbocycles. The van der Waals surface area contributed by atoms with Crippen LogP contribution in [0.15, 0.2) is 59.0 Å². The number of β-amino-alcohol motifs (C(OH)–C–C–N with tert-alkyl or cyclic N) is 1. The number of aromatic nitrogens is 4. The van der Waals surface area contributed by atoms with Gasteiger partial charge in [-0.25, -0.2) is 4.98 Å². The van der Waals surface area contributed by atoms with Gasteiger partial charge in [-0.2, -0.15) is 0 Å². The van der Waals surface area contributed by atoms with Crippen LogP contribution in [0.1, 0.15) is 104 Å². The lowest BCUT2D eigenvalue weighted by Gasteiger charge is -2.35. The van der Waals surface area contributed by atoms with Gasteiger partial charge in [0.1, 0.15) is 35.6 Å². The summed E-state index contributed by atoms with van der Waals surface area (Å²) in [7, 11) is 0. The van der Waals surface area contributed by atoms with Crippen molar-refractivity contribution in [1.29, 1.82) is 0 Å². The van der Waals surface area contributed by atoms with Gasteiger partial charge in [0.05, 0.1) is 47.0 Å². The minimum atomic E-state index is -0.984. The van der Waals surface area contributed by atoms with E-state index < -0.39 is 41.5 Å². The molecule has 5 heterocycles. The number of carbonyl (C=O) groups is 4. The third kappa shape index (κ3) is 11.7. The Morgan fingerprint density at radius 1 is 0.926 bits per heavy atom. The monoisotopic (exact) mass is 985 g/mol. The fourth-order valence-electron chi connectivity index (χ4n) is 8.39. The minimum absolute atomic E-state index is 0.0302. The van der Waals surface area contributed by atoms with E-state index in [0.29, 0.717) is 29.7 Å². The first-order chi connectivity index (χ1) is 32.4. The van der Waals surface area contributed by atoms with Crippen LogP contribution in [0.5, 0.6) is 0 Å². The highest BCUT2D eigenvalue weighted by molar-refractivity contribution is 7.15. The average molecular weight is 987 g/mol. The summed E-state index contributed by atoms with van der Waals surface area (Å²) >= 11 is 9.45. The van der Waals surface area contributed by atoms with Gasteiger partial charge in [-0.3, -0.25) is 28.7 Å². The van der Waals surface area contributed by atoms with Crippen LogP contribution in [-0.4, -0.2) is 117 Å². The van der Waals surface area contributed by atoms with Gasteiger partial charge in [0, 0.05) is 53.8 Å². The minimum Gasteiger partial charge on any atom is -0.391 e. The molecular weight excluding hydrogens is 926 g/mol. The van der Waals surface area contributed by atoms with Crippen LogP contribution in [0.3, 0.4) is 0 Å². The summed E-state index contributed by atoms with van der Waals surface area (Å²) in [5, 5.41) is 29.9. The molecule has 4 amide bonds. The molecule has 1 saturated heterocycles. The zero-order valence-electron chi connectivity index (χ0n) is 39.7. The maximum Gasteiger partial charge on any atom is 0.246 e. The number of thiazole rings is 1. The summed E-state index contributed by atoms with van der Waals surface area (Å²) in [6.45, 7) is 16.2. The fraction of sp³-hybridized carbons (Fsp3) is 0.469. The molecule has 5 aromatic rings. The summed E-state index contributed by atoms with van der Waals surface area (Å²) in [6, 6.07) is 12.6. The van der Waals surface area contributed by atoms with Crippen molar-refractivity contribution in [3.63, 3.8) is 0 Å². The largest absolute Gasteiger partial charge is 0.391 e. The topological polar surface area (TPSA) is 202 Å². The van der Waals surface area contributed by atoms with Crippen molar-refractivity contribution < 1.29 is 33.8 Å². The van der Waals surface area contributed by atoms with E-state index in [0.717, 1.165) is 54.0 Å². The molecule has 0 spiro atoms.